The fourth-order valence-electron chi connectivity index (χ4n) is 4.36. The Hall–Kier alpha value is -2.34. The van der Waals surface area contributed by atoms with E-state index in [1.807, 2.05) is 43.6 Å². The van der Waals surface area contributed by atoms with E-state index in [9.17, 15) is 9.59 Å². The highest BCUT2D eigenvalue weighted by Crippen LogP contribution is 2.27. The van der Waals surface area contributed by atoms with Gasteiger partial charge < -0.3 is 19.7 Å². The van der Waals surface area contributed by atoms with Crippen LogP contribution < -0.4 is 5.32 Å². The Bertz CT molecular complexity index is 884. The molecule has 152 valence electrons. The maximum absolute atomic E-state index is 12.9. The molecule has 2 aromatic rings. The number of benzene rings is 1. The summed E-state index contributed by atoms with van der Waals surface area (Å²) in [6.45, 7) is 6.28. The van der Waals surface area contributed by atoms with Gasteiger partial charge in [-0.1, -0.05) is 18.2 Å². The first-order valence-electron chi connectivity index (χ1n) is 10.1. The third-order valence-corrected chi connectivity index (χ3v) is 5.89. The SMILES string of the molecule is Cc1c(C(=O)NCCC2CCC(=O)N2CCN(C)C)n(C)c2c(C)cccc12. The summed E-state index contributed by atoms with van der Waals surface area (Å²) < 4.78 is 2.00. The lowest BCUT2D eigenvalue weighted by Gasteiger charge is -2.26. The van der Waals surface area contributed by atoms with Gasteiger partial charge in [0.2, 0.25) is 5.91 Å². The number of carbonyl (C=O) groups is 2. The van der Waals surface area contributed by atoms with E-state index in [0.717, 1.165) is 48.1 Å². The quantitative estimate of drug-likeness (QED) is 0.798. The lowest BCUT2D eigenvalue weighted by molar-refractivity contribution is -0.129. The number of rotatable bonds is 7. The number of hydrogen-bond acceptors (Lipinski definition) is 3. The average Bonchev–Trinajstić information content (AvgIpc) is 3.11. The molecule has 1 aromatic heterocycles. The Balaban J connectivity index is 1.64. The number of amides is 2. The van der Waals surface area contributed by atoms with E-state index < -0.39 is 0 Å². The molecule has 2 amide bonds. The first-order chi connectivity index (χ1) is 13.3. The predicted octanol–water partition coefficient (Wildman–Crippen LogP) is 2.47. The second-order valence-corrected chi connectivity index (χ2v) is 8.13. The molecule has 3 rings (SSSR count). The fourth-order valence-corrected chi connectivity index (χ4v) is 4.36. The van der Waals surface area contributed by atoms with E-state index in [4.69, 9.17) is 0 Å². The smallest absolute Gasteiger partial charge is 0.268 e. The molecule has 6 heteroatoms. The van der Waals surface area contributed by atoms with Crippen LogP contribution >= 0.6 is 0 Å². The highest BCUT2D eigenvalue weighted by Gasteiger charge is 2.30. The molecule has 1 atom stereocenters. The molecule has 1 aliphatic rings. The Morgan fingerprint density at radius 1 is 1.29 bits per heavy atom. The average molecular weight is 385 g/mol. The molecular formula is C22H32N4O2. The second-order valence-electron chi connectivity index (χ2n) is 8.13. The largest absolute Gasteiger partial charge is 0.351 e. The number of carbonyl (C=O) groups excluding carboxylic acids is 2. The summed E-state index contributed by atoms with van der Waals surface area (Å²) in [5.74, 6) is 0.193. The van der Waals surface area contributed by atoms with Crippen molar-refractivity contribution in [1.29, 1.82) is 0 Å². The van der Waals surface area contributed by atoms with Crippen LogP contribution in [0.3, 0.4) is 0 Å². The molecule has 28 heavy (non-hydrogen) atoms. The summed E-state index contributed by atoms with van der Waals surface area (Å²) in [6, 6.07) is 6.40. The molecule has 6 nitrogen and oxygen atoms in total. The molecule has 1 fully saturated rings. The molecule has 2 heterocycles. The minimum absolute atomic E-state index is 0.0419. The van der Waals surface area contributed by atoms with Crippen molar-refractivity contribution in [2.75, 3.05) is 33.7 Å². The van der Waals surface area contributed by atoms with Gasteiger partial charge in [0.1, 0.15) is 5.69 Å². The number of likely N-dealkylation sites (tertiary alicyclic amines) is 1. The first kappa shape index (κ1) is 20.4. The highest BCUT2D eigenvalue weighted by molar-refractivity contribution is 6.02. The molecule has 1 saturated heterocycles. The van der Waals surface area contributed by atoms with Crippen LogP contribution in [0.2, 0.25) is 0 Å². The zero-order chi connectivity index (χ0) is 20.4. The number of aryl methyl sites for hydroxylation is 3. The summed E-state index contributed by atoms with van der Waals surface area (Å²) >= 11 is 0. The van der Waals surface area contributed by atoms with E-state index >= 15 is 0 Å². The summed E-state index contributed by atoms with van der Waals surface area (Å²) in [4.78, 5) is 29.1. The number of nitrogens with one attached hydrogen (secondary N) is 1. The monoisotopic (exact) mass is 384 g/mol. The van der Waals surface area contributed by atoms with Gasteiger partial charge in [-0.05, 0) is 51.9 Å². The number of fused-ring (bicyclic) bond motifs is 1. The van der Waals surface area contributed by atoms with Gasteiger partial charge >= 0.3 is 0 Å². The normalized spacial score (nSPS) is 17.1. The highest BCUT2D eigenvalue weighted by atomic mass is 16.2. The fraction of sp³-hybridized carbons (Fsp3) is 0.545. The second kappa shape index (κ2) is 8.35. The third-order valence-electron chi connectivity index (χ3n) is 5.89. The van der Waals surface area contributed by atoms with Crippen molar-refractivity contribution in [2.45, 2.75) is 39.2 Å². The third kappa shape index (κ3) is 3.92. The maximum atomic E-state index is 12.9. The number of likely N-dealkylation sites (N-methyl/N-ethyl adjacent to an activating group) is 1. The first-order valence-corrected chi connectivity index (χ1v) is 10.1. The lowest BCUT2D eigenvalue weighted by Crippen LogP contribution is -2.40. The van der Waals surface area contributed by atoms with Crippen molar-refractivity contribution in [3.8, 4) is 0 Å². The number of para-hydroxylation sites is 1. The number of hydrogen-bond donors (Lipinski definition) is 1. The van der Waals surface area contributed by atoms with Gasteiger partial charge in [-0.3, -0.25) is 9.59 Å². The van der Waals surface area contributed by atoms with Gasteiger partial charge in [0.25, 0.3) is 5.91 Å². The van der Waals surface area contributed by atoms with Crippen molar-refractivity contribution in [3.05, 3.63) is 35.0 Å². The molecule has 1 unspecified atom stereocenters. The van der Waals surface area contributed by atoms with Crippen molar-refractivity contribution >= 4 is 22.7 Å². The van der Waals surface area contributed by atoms with E-state index in [2.05, 4.69) is 29.3 Å². The molecule has 0 saturated carbocycles. The van der Waals surface area contributed by atoms with E-state index in [-0.39, 0.29) is 17.9 Å². The van der Waals surface area contributed by atoms with Crippen LogP contribution in [0.5, 0.6) is 0 Å². The van der Waals surface area contributed by atoms with Crippen molar-refractivity contribution in [2.24, 2.45) is 7.05 Å². The number of nitrogens with zero attached hydrogens (tertiary/aromatic N) is 3. The lowest BCUT2D eigenvalue weighted by atomic mass is 10.1. The zero-order valence-corrected chi connectivity index (χ0v) is 17.7. The molecule has 1 aromatic carbocycles. The predicted molar refractivity (Wildman–Crippen MR) is 113 cm³/mol. The van der Waals surface area contributed by atoms with Crippen LogP contribution in [0.1, 0.15) is 40.9 Å². The van der Waals surface area contributed by atoms with E-state index in [0.29, 0.717) is 13.0 Å². The van der Waals surface area contributed by atoms with Crippen LogP contribution in [0.4, 0.5) is 0 Å². The van der Waals surface area contributed by atoms with Gasteiger partial charge in [0, 0.05) is 44.5 Å². The van der Waals surface area contributed by atoms with Gasteiger partial charge in [0.15, 0.2) is 0 Å². The van der Waals surface area contributed by atoms with Crippen LogP contribution in [0, 0.1) is 13.8 Å². The zero-order valence-electron chi connectivity index (χ0n) is 17.7. The Kier molecular flexibility index (Phi) is 6.08. The molecule has 0 aliphatic carbocycles. The summed E-state index contributed by atoms with van der Waals surface area (Å²) in [5.41, 5.74) is 4.02. The van der Waals surface area contributed by atoms with Crippen molar-refractivity contribution in [3.63, 3.8) is 0 Å². The summed E-state index contributed by atoms with van der Waals surface area (Å²) in [7, 11) is 5.99. The minimum Gasteiger partial charge on any atom is -0.351 e. The van der Waals surface area contributed by atoms with E-state index in [1.54, 1.807) is 0 Å². The molecule has 1 aliphatic heterocycles. The standard InChI is InChI=1S/C22H32N4O2/c1-15-7-6-8-18-16(2)21(25(5)20(15)18)22(28)23-12-11-17-9-10-19(27)26(17)14-13-24(3)4/h6-8,17H,9-14H2,1-5H3,(H,23,28). The molecule has 0 radical (unpaired) electrons. The molecule has 1 N–H and O–H groups in total. The van der Waals surface area contributed by atoms with Gasteiger partial charge in [0.05, 0.1) is 5.52 Å². The minimum atomic E-state index is -0.0419. The van der Waals surface area contributed by atoms with Crippen LogP contribution in [0.15, 0.2) is 18.2 Å². The summed E-state index contributed by atoms with van der Waals surface area (Å²) in [6.07, 6.45) is 2.30. The maximum Gasteiger partial charge on any atom is 0.268 e. The Morgan fingerprint density at radius 3 is 2.71 bits per heavy atom. The topological polar surface area (TPSA) is 57.6 Å². The van der Waals surface area contributed by atoms with Gasteiger partial charge in [-0.2, -0.15) is 0 Å². The van der Waals surface area contributed by atoms with Crippen LogP contribution in [0.25, 0.3) is 10.9 Å². The van der Waals surface area contributed by atoms with Crippen LogP contribution in [-0.2, 0) is 11.8 Å². The van der Waals surface area contributed by atoms with Crippen molar-refractivity contribution in [1.82, 2.24) is 19.7 Å². The molecule has 0 bridgehead atoms. The molecule has 0 spiro atoms. The molecular weight excluding hydrogens is 352 g/mol. The number of aromatic nitrogens is 1. The summed E-state index contributed by atoms with van der Waals surface area (Å²) in [5, 5.41) is 4.21. The van der Waals surface area contributed by atoms with Crippen LogP contribution in [-0.4, -0.2) is 66.0 Å². The van der Waals surface area contributed by atoms with Crippen molar-refractivity contribution < 1.29 is 9.59 Å². The Morgan fingerprint density at radius 2 is 2.04 bits per heavy atom. The van der Waals surface area contributed by atoms with Gasteiger partial charge in [-0.15, -0.1) is 0 Å². The van der Waals surface area contributed by atoms with E-state index in [1.165, 1.54) is 5.56 Å². The van der Waals surface area contributed by atoms with Gasteiger partial charge in [-0.25, -0.2) is 0 Å². The Labute approximate surface area is 167 Å².